The molecule has 0 aromatic heterocycles. The van der Waals surface area contributed by atoms with E-state index in [9.17, 15) is 9.59 Å². The largest absolute Gasteiger partial charge is 0.497 e. The van der Waals surface area contributed by atoms with Gasteiger partial charge in [-0.05, 0) is 38.1 Å². The van der Waals surface area contributed by atoms with Gasteiger partial charge in [0.1, 0.15) is 18.0 Å². The van der Waals surface area contributed by atoms with Crippen molar-refractivity contribution in [2.45, 2.75) is 20.0 Å². The number of methoxy groups -OCH3 is 1. The molecule has 1 atom stereocenters. The quantitative estimate of drug-likeness (QED) is 0.817. The van der Waals surface area contributed by atoms with E-state index in [-0.39, 0.29) is 12.5 Å². The van der Waals surface area contributed by atoms with Gasteiger partial charge in [-0.15, -0.1) is 0 Å². The zero-order valence-corrected chi connectivity index (χ0v) is 11.8. The number of hydrogen-bond acceptors (Lipinski definition) is 4. The lowest BCUT2D eigenvalue weighted by molar-refractivity contribution is -0.147. The van der Waals surface area contributed by atoms with Crippen molar-refractivity contribution >= 4 is 11.9 Å². The van der Waals surface area contributed by atoms with Crippen LogP contribution >= 0.6 is 0 Å². The van der Waals surface area contributed by atoms with Crippen LogP contribution in [0.3, 0.4) is 0 Å². The van der Waals surface area contributed by atoms with E-state index in [1.165, 1.54) is 4.90 Å². The highest BCUT2D eigenvalue weighted by Gasteiger charge is 2.22. The van der Waals surface area contributed by atoms with E-state index in [4.69, 9.17) is 14.6 Å². The Labute approximate surface area is 117 Å². The molecule has 0 radical (unpaired) electrons. The van der Waals surface area contributed by atoms with Gasteiger partial charge < -0.3 is 19.5 Å². The van der Waals surface area contributed by atoms with E-state index >= 15 is 0 Å². The molecule has 0 aliphatic heterocycles. The molecule has 0 saturated carbocycles. The Hall–Kier alpha value is -2.24. The molecule has 6 heteroatoms. The summed E-state index contributed by atoms with van der Waals surface area (Å²) in [5.41, 5.74) is 0. The molecule has 0 spiro atoms. The summed E-state index contributed by atoms with van der Waals surface area (Å²) in [7, 11) is 1.56. The molecule has 1 aromatic rings. The summed E-state index contributed by atoms with van der Waals surface area (Å²) in [4.78, 5) is 24.0. The van der Waals surface area contributed by atoms with Crippen LogP contribution in [0.25, 0.3) is 0 Å². The zero-order valence-electron chi connectivity index (χ0n) is 11.8. The fraction of sp³-hybridized carbons (Fsp3) is 0.429. The number of likely N-dealkylation sites (N-methyl/N-ethyl adjacent to an activating group) is 1. The van der Waals surface area contributed by atoms with Crippen molar-refractivity contribution < 1.29 is 24.2 Å². The minimum absolute atomic E-state index is 0.321. The van der Waals surface area contributed by atoms with Crippen LogP contribution in [0.2, 0.25) is 0 Å². The summed E-state index contributed by atoms with van der Waals surface area (Å²) >= 11 is 0. The van der Waals surface area contributed by atoms with Crippen LogP contribution in [-0.4, -0.2) is 48.2 Å². The average Bonchev–Trinajstić information content (AvgIpc) is 2.44. The highest BCUT2D eigenvalue weighted by molar-refractivity contribution is 5.84. The highest BCUT2D eigenvalue weighted by atomic mass is 16.5. The molecule has 6 nitrogen and oxygen atoms in total. The zero-order chi connectivity index (χ0) is 15.1. The van der Waals surface area contributed by atoms with Crippen molar-refractivity contribution in [2.24, 2.45) is 0 Å². The summed E-state index contributed by atoms with van der Waals surface area (Å²) in [5.74, 6) is -0.182. The lowest BCUT2D eigenvalue weighted by Crippen LogP contribution is -2.43. The van der Waals surface area contributed by atoms with Crippen molar-refractivity contribution in [3.63, 3.8) is 0 Å². The van der Waals surface area contributed by atoms with Crippen molar-refractivity contribution in [2.75, 3.05) is 20.2 Å². The first kappa shape index (κ1) is 15.8. The molecule has 0 fully saturated rings. The first-order valence-electron chi connectivity index (χ1n) is 6.29. The van der Waals surface area contributed by atoms with E-state index < -0.39 is 12.1 Å². The first-order chi connectivity index (χ1) is 9.47. The second kappa shape index (κ2) is 7.37. The molecule has 0 heterocycles. The van der Waals surface area contributed by atoms with Crippen LogP contribution in [0.1, 0.15) is 13.8 Å². The SMILES string of the molecule is CCN(CC(=O)O)C(=O)C(C)Oc1ccc(OC)cc1. The summed E-state index contributed by atoms with van der Waals surface area (Å²) in [6.45, 7) is 3.31. The van der Waals surface area contributed by atoms with E-state index in [1.807, 2.05) is 0 Å². The molecule has 1 unspecified atom stereocenters. The summed E-state index contributed by atoms with van der Waals surface area (Å²) in [6.07, 6.45) is -0.748. The van der Waals surface area contributed by atoms with Crippen LogP contribution in [0.15, 0.2) is 24.3 Å². The number of carbonyl (C=O) groups is 2. The van der Waals surface area contributed by atoms with E-state index in [2.05, 4.69) is 0 Å². The second-order valence-electron chi connectivity index (χ2n) is 4.18. The molecule has 1 N–H and O–H groups in total. The van der Waals surface area contributed by atoms with Gasteiger partial charge in [-0.2, -0.15) is 0 Å². The fourth-order valence-electron chi connectivity index (χ4n) is 1.67. The monoisotopic (exact) mass is 281 g/mol. The third-order valence-electron chi connectivity index (χ3n) is 2.74. The standard InChI is InChI=1S/C14H19NO5/c1-4-15(9-13(16)17)14(18)10(2)20-12-7-5-11(19-3)6-8-12/h5-8,10H,4,9H2,1-3H3,(H,16,17). The van der Waals surface area contributed by atoms with Crippen LogP contribution in [-0.2, 0) is 9.59 Å². The van der Waals surface area contributed by atoms with Gasteiger partial charge in [-0.3, -0.25) is 9.59 Å². The number of hydrogen-bond donors (Lipinski definition) is 1. The van der Waals surface area contributed by atoms with Crippen molar-refractivity contribution in [1.29, 1.82) is 0 Å². The van der Waals surface area contributed by atoms with Crippen molar-refractivity contribution in [1.82, 2.24) is 4.90 Å². The molecule has 20 heavy (non-hydrogen) atoms. The third kappa shape index (κ3) is 4.46. The first-order valence-corrected chi connectivity index (χ1v) is 6.29. The number of benzene rings is 1. The Kier molecular flexibility index (Phi) is 5.83. The van der Waals surface area contributed by atoms with Gasteiger partial charge in [0.15, 0.2) is 6.10 Å². The van der Waals surface area contributed by atoms with Crippen LogP contribution in [0, 0.1) is 0 Å². The second-order valence-corrected chi connectivity index (χ2v) is 4.18. The normalized spacial score (nSPS) is 11.6. The molecule has 1 rings (SSSR count). The Balaban J connectivity index is 2.65. The molecule has 110 valence electrons. The van der Waals surface area contributed by atoms with Gasteiger partial charge in [0.2, 0.25) is 0 Å². The molecule has 1 amide bonds. The Bertz CT molecular complexity index is 457. The highest BCUT2D eigenvalue weighted by Crippen LogP contribution is 2.18. The molecule has 1 aromatic carbocycles. The number of amides is 1. The molecule has 0 aliphatic rings. The van der Waals surface area contributed by atoms with E-state index in [0.717, 1.165) is 0 Å². The summed E-state index contributed by atoms with van der Waals surface area (Å²) < 4.78 is 10.5. The fourth-order valence-corrected chi connectivity index (χ4v) is 1.67. The van der Waals surface area contributed by atoms with Crippen molar-refractivity contribution in [3.8, 4) is 11.5 Å². The summed E-state index contributed by atoms with van der Waals surface area (Å²) in [6, 6.07) is 6.83. The lowest BCUT2D eigenvalue weighted by Gasteiger charge is -2.23. The molecular formula is C14H19NO5. The molecule has 0 bridgehead atoms. The van der Waals surface area contributed by atoms with Gasteiger partial charge in [0.05, 0.1) is 7.11 Å². The van der Waals surface area contributed by atoms with E-state index in [0.29, 0.717) is 18.0 Å². The minimum Gasteiger partial charge on any atom is -0.497 e. The maximum absolute atomic E-state index is 12.1. The number of carboxylic acids is 1. The molecule has 0 saturated heterocycles. The predicted molar refractivity (Wildman–Crippen MR) is 73.0 cm³/mol. The Morgan fingerprint density at radius 3 is 2.25 bits per heavy atom. The van der Waals surface area contributed by atoms with Gasteiger partial charge in [-0.25, -0.2) is 0 Å². The topological polar surface area (TPSA) is 76.1 Å². The van der Waals surface area contributed by atoms with Crippen LogP contribution < -0.4 is 9.47 Å². The average molecular weight is 281 g/mol. The van der Waals surface area contributed by atoms with Gasteiger partial charge >= 0.3 is 5.97 Å². The Morgan fingerprint density at radius 1 is 1.25 bits per heavy atom. The number of ether oxygens (including phenoxy) is 2. The van der Waals surface area contributed by atoms with Gasteiger partial charge in [0, 0.05) is 6.54 Å². The van der Waals surface area contributed by atoms with Crippen LogP contribution in [0.4, 0.5) is 0 Å². The van der Waals surface area contributed by atoms with E-state index in [1.54, 1.807) is 45.2 Å². The third-order valence-corrected chi connectivity index (χ3v) is 2.74. The van der Waals surface area contributed by atoms with Crippen LogP contribution in [0.5, 0.6) is 11.5 Å². The molecule has 0 aliphatic carbocycles. The number of nitrogens with zero attached hydrogens (tertiary/aromatic N) is 1. The summed E-state index contributed by atoms with van der Waals surface area (Å²) in [5, 5.41) is 8.74. The maximum Gasteiger partial charge on any atom is 0.323 e. The minimum atomic E-state index is -1.04. The lowest BCUT2D eigenvalue weighted by atomic mass is 10.3. The number of carboxylic acid groups (broad SMARTS) is 1. The van der Waals surface area contributed by atoms with Gasteiger partial charge in [0.25, 0.3) is 5.91 Å². The van der Waals surface area contributed by atoms with Crippen molar-refractivity contribution in [3.05, 3.63) is 24.3 Å². The maximum atomic E-state index is 12.1. The number of aliphatic carboxylic acids is 1. The predicted octanol–water partition coefficient (Wildman–Crippen LogP) is 1.40. The Morgan fingerprint density at radius 2 is 1.80 bits per heavy atom. The number of carbonyl (C=O) groups excluding carboxylic acids is 1. The number of rotatable bonds is 7. The smallest absolute Gasteiger partial charge is 0.323 e. The van der Waals surface area contributed by atoms with Gasteiger partial charge in [-0.1, -0.05) is 0 Å². The molecular weight excluding hydrogens is 262 g/mol.